The van der Waals surface area contributed by atoms with Crippen LogP contribution in [0.3, 0.4) is 0 Å². The first-order valence-corrected chi connectivity index (χ1v) is 9.86. The van der Waals surface area contributed by atoms with E-state index < -0.39 is 0 Å². The molecule has 5 rings (SSSR count). The molecule has 28 heavy (non-hydrogen) atoms. The van der Waals surface area contributed by atoms with Gasteiger partial charge in [0.2, 0.25) is 5.16 Å². The van der Waals surface area contributed by atoms with Crippen molar-refractivity contribution in [2.75, 3.05) is 0 Å². The summed E-state index contributed by atoms with van der Waals surface area (Å²) >= 11 is 1.43. The normalized spacial score (nSPS) is 13.9. The maximum absolute atomic E-state index is 13.4. The number of halogens is 1. The lowest BCUT2D eigenvalue weighted by Crippen LogP contribution is -2.23. The van der Waals surface area contributed by atoms with Crippen molar-refractivity contribution in [2.45, 2.75) is 29.8 Å². The van der Waals surface area contributed by atoms with Crippen molar-refractivity contribution in [1.29, 1.82) is 0 Å². The number of nitrogens with zero attached hydrogens (tertiary/aromatic N) is 6. The quantitative estimate of drug-likeness (QED) is 0.484. The second-order valence-electron chi connectivity index (χ2n) is 6.59. The van der Waals surface area contributed by atoms with Crippen molar-refractivity contribution in [3.8, 4) is 5.69 Å². The molecule has 1 aliphatic carbocycles. The number of hydrogen-bond acceptors (Lipinski definition) is 6. The monoisotopic (exact) mass is 394 g/mol. The highest BCUT2D eigenvalue weighted by molar-refractivity contribution is 7.98. The Bertz CT molecular complexity index is 1220. The molecular formula is C19H15FN6OS. The molecule has 1 fully saturated rings. The predicted molar refractivity (Wildman–Crippen MR) is 103 cm³/mol. The number of rotatable bonds is 5. The lowest BCUT2D eigenvalue weighted by molar-refractivity contribution is 0.565. The summed E-state index contributed by atoms with van der Waals surface area (Å²) in [4.78, 5) is 17.9. The van der Waals surface area contributed by atoms with Crippen LogP contribution in [0.25, 0.3) is 16.6 Å². The van der Waals surface area contributed by atoms with Crippen LogP contribution in [0.15, 0.2) is 58.5 Å². The number of benzene rings is 2. The van der Waals surface area contributed by atoms with Gasteiger partial charge >= 0.3 is 0 Å². The summed E-state index contributed by atoms with van der Waals surface area (Å²) in [6.45, 7) is 0. The Morgan fingerprint density at radius 1 is 1.11 bits per heavy atom. The third-order valence-electron chi connectivity index (χ3n) is 4.62. The zero-order valence-corrected chi connectivity index (χ0v) is 15.5. The number of hydrogen-bond donors (Lipinski definition) is 0. The Kier molecular flexibility index (Phi) is 4.16. The third kappa shape index (κ3) is 3.07. The fourth-order valence-electron chi connectivity index (χ4n) is 3.09. The van der Waals surface area contributed by atoms with E-state index in [2.05, 4.69) is 15.5 Å². The Morgan fingerprint density at radius 2 is 1.89 bits per heavy atom. The van der Waals surface area contributed by atoms with E-state index in [1.807, 2.05) is 16.8 Å². The van der Waals surface area contributed by atoms with Gasteiger partial charge in [-0.05, 0) is 59.7 Å². The molecule has 0 N–H and O–H groups in total. The van der Waals surface area contributed by atoms with Crippen LogP contribution in [0.2, 0.25) is 0 Å². The number of thioether (sulfide) groups is 1. The van der Waals surface area contributed by atoms with Gasteiger partial charge in [-0.2, -0.15) is 0 Å². The number of aromatic nitrogens is 6. The molecule has 0 spiro atoms. The van der Waals surface area contributed by atoms with Gasteiger partial charge in [0.05, 0.1) is 28.4 Å². The lowest BCUT2D eigenvalue weighted by Gasteiger charge is -2.13. The molecule has 2 heterocycles. The second-order valence-corrected chi connectivity index (χ2v) is 7.53. The van der Waals surface area contributed by atoms with E-state index in [1.54, 1.807) is 24.3 Å². The van der Waals surface area contributed by atoms with Crippen LogP contribution in [-0.4, -0.2) is 29.8 Å². The average Bonchev–Trinajstić information content (AvgIpc) is 3.45. The van der Waals surface area contributed by atoms with Gasteiger partial charge in [-0.1, -0.05) is 23.9 Å². The first kappa shape index (κ1) is 17.1. The summed E-state index contributed by atoms with van der Waals surface area (Å²) < 4.78 is 16.7. The Morgan fingerprint density at radius 3 is 2.68 bits per heavy atom. The number of para-hydroxylation sites is 1. The molecule has 2 aromatic heterocycles. The number of tetrazole rings is 1. The van der Waals surface area contributed by atoms with Gasteiger partial charge in [0.1, 0.15) is 11.6 Å². The molecule has 0 unspecified atom stereocenters. The van der Waals surface area contributed by atoms with E-state index in [0.29, 0.717) is 39.4 Å². The molecule has 9 heteroatoms. The van der Waals surface area contributed by atoms with E-state index in [1.165, 1.54) is 28.5 Å². The molecule has 0 atom stereocenters. The standard InChI is InChI=1S/C19H15FN6OS/c20-12-5-7-13(8-6-12)25-17(21-16-4-2-1-3-15(16)18(25)27)11-28-19-22-23-24-26(19)14-9-10-14/h1-8,14H,9-11H2. The average molecular weight is 394 g/mol. The highest BCUT2D eigenvalue weighted by Gasteiger charge is 2.28. The van der Waals surface area contributed by atoms with Crippen LogP contribution < -0.4 is 5.56 Å². The molecule has 1 aliphatic rings. The molecule has 0 aliphatic heterocycles. The third-order valence-corrected chi connectivity index (χ3v) is 5.55. The van der Waals surface area contributed by atoms with Crippen molar-refractivity contribution in [2.24, 2.45) is 0 Å². The maximum atomic E-state index is 13.4. The summed E-state index contributed by atoms with van der Waals surface area (Å²) in [6, 6.07) is 13.4. The highest BCUT2D eigenvalue weighted by atomic mass is 32.2. The van der Waals surface area contributed by atoms with Gasteiger partial charge in [0.15, 0.2) is 0 Å². The Balaban J connectivity index is 1.59. The van der Waals surface area contributed by atoms with Gasteiger partial charge in [-0.15, -0.1) is 5.10 Å². The van der Waals surface area contributed by atoms with Crippen LogP contribution in [0.5, 0.6) is 0 Å². The number of fused-ring (bicyclic) bond motifs is 1. The first-order chi connectivity index (χ1) is 13.7. The molecule has 1 saturated carbocycles. The van der Waals surface area contributed by atoms with Crippen LogP contribution in [0.4, 0.5) is 4.39 Å². The van der Waals surface area contributed by atoms with E-state index in [0.717, 1.165) is 12.8 Å². The van der Waals surface area contributed by atoms with Crippen molar-refractivity contribution < 1.29 is 4.39 Å². The van der Waals surface area contributed by atoms with Crippen molar-refractivity contribution in [1.82, 2.24) is 29.8 Å². The molecule has 140 valence electrons. The molecule has 0 amide bonds. The Labute approximate surface area is 163 Å². The topological polar surface area (TPSA) is 78.5 Å². The summed E-state index contributed by atoms with van der Waals surface area (Å²) in [5.74, 6) is 0.612. The van der Waals surface area contributed by atoms with Crippen molar-refractivity contribution in [3.05, 3.63) is 70.5 Å². The van der Waals surface area contributed by atoms with Gasteiger partial charge in [0, 0.05) is 0 Å². The fourth-order valence-corrected chi connectivity index (χ4v) is 3.95. The summed E-state index contributed by atoms with van der Waals surface area (Å²) in [5, 5.41) is 13.1. The van der Waals surface area contributed by atoms with E-state index in [4.69, 9.17) is 4.98 Å². The van der Waals surface area contributed by atoms with Crippen molar-refractivity contribution in [3.63, 3.8) is 0 Å². The highest BCUT2D eigenvalue weighted by Crippen LogP contribution is 2.36. The summed E-state index contributed by atoms with van der Waals surface area (Å²) in [6.07, 6.45) is 2.15. The minimum absolute atomic E-state index is 0.186. The lowest BCUT2D eigenvalue weighted by atomic mass is 10.2. The molecule has 7 nitrogen and oxygen atoms in total. The summed E-state index contributed by atoms with van der Waals surface area (Å²) in [7, 11) is 0. The fraction of sp³-hybridized carbons (Fsp3) is 0.211. The predicted octanol–water partition coefficient (Wildman–Crippen LogP) is 3.14. The Hall–Kier alpha value is -3.07. The van der Waals surface area contributed by atoms with E-state index in [9.17, 15) is 9.18 Å². The molecule has 0 bridgehead atoms. The first-order valence-electron chi connectivity index (χ1n) is 8.88. The molecule has 0 saturated heterocycles. The molecule has 0 radical (unpaired) electrons. The molecule has 2 aromatic carbocycles. The van der Waals surface area contributed by atoms with Gasteiger partial charge in [0.25, 0.3) is 5.56 Å². The minimum atomic E-state index is -0.356. The molecular weight excluding hydrogens is 379 g/mol. The maximum Gasteiger partial charge on any atom is 0.265 e. The molecule has 4 aromatic rings. The van der Waals surface area contributed by atoms with Crippen molar-refractivity contribution >= 4 is 22.7 Å². The van der Waals surface area contributed by atoms with Gasteiger partial charge in [-0.25, -0.2) is 14.1 Å². The second kappa shape index (κ2) is 6.83. The van der Waals surface area contributed by atoms with Crippen LogP contribution in [-0.2, 0) is 5.75 Å². The SMILES string of the molecule is O=c1c2ccccc2nc(CSc2nnnn2C2CC2)n1-c1ccc(F)cc1. The summed E-state index contributed by atoms with van der Waals surface area (Å²) in [5.41, 5.74) is 1.01. The van der Waals surface area contributed by atoms with Crippen LogP contribution in [0, 0.1) is 5.82 Å². The largest absolute Gasteiger partial charge is 0.268 e. The van der Waals surface area contributed by atoms with Gasteiger partial charge in [-0.3, -0.25) is 9.36 Å². The van der Waals surface area contributed by atoms with E-state index in [-0.39, 0.29) is 11.4 Å². The van der Waals surface area contributed by atoms with Crippen LogP contribution in [0.1, 0.15) is 24.7 Å². The zero-order chi connectivity index (χ0) is 19.1. The zero-order valence-electron chi connectivity index (χ0n) is 14.7. The van der Waals surface area contributed by atoms with Crippen LogP contribution >= 0.6 is 11.8 Å². The van der Waals surface area contributed by atoms with Gasteiger partial charge < -0.3 is 0 Å². The smallest absolute Gasteiger partial charge is 0.265 e. The minimum Gasteiger partial charge on any atom is -0.268 e. The van der Waals surface area contributed by atoms with E-state index >= 15 is 0 Å².